The van der Waals surface area contributed by atoms with Crippen LogP contribution in [0.3, 0.4) is 0 Å². The number of nitrogens with zero attached hydrogens (tertiary/aromatic N) is 3. The Morgan fingerprint density at radius 1 is 1.17 bits per heavy atom. The Labute approximate surface area is 136 Å². The highest BCUT2D eigenvalue weighted by Gasteiger charge is 2.12. The minimum absolute atomic E-state index is 0.0780. The van der Waals surface area contributed by atoms with Crippen LogP contribution in [0.15, 0.2) is 58.2 Å². The third-order valence-electron chi connectivity index (χ3n) is 3.27. The van der Waals surface area contributed by atoms with Crippen LogP contribution >= 0.6 is 11.8 Å². The average molecular weight is 327 g/mol. The topological polar surface area (TPSA) is 82.1 Å². The number of non-ortho nitro benzene ring substituents is 1. The van der Waals surface area contributed by atoms with E-state index in [1.165, 1.54) is 17.8 Å². The zero-order valence-electron chi connectivity index (χ0n) is 12.3. The molecule has 0 N–H and O–H groups in total. The lowest BCUT2D eigenvalue weighted by Crippen LogP contribution is -1.89. The second-order valence-electron chi connectivity index (χ2n) is 4.90. The summed E-state index contributed by atoms with van der Waals surface area (Å²) in [7, 11) is 0. The Morgan fingerprint density at radius 2 is 2.00 bits per heavy atom. The highest BCUT2D eigenvalue weighted by atomic mass is 32.2. The number of benzene rings is 2. The summed E-state index contributed by atoms with van der Waals surface area (Å²) in [6.07, 6.45) is 0. The van der Waals surface area contributed by atoms with Gasteiger partial charge in [0.1, 0.15) is 0 Å². The Hall–Kier alpha value is -2.67. The van der Waals surface area contributed by atoms with Crippen molar-refractivity contribution in [1.29, 1.82) is 0 Å². The molecule has 1 aromatic heterocycles. The normalized spacial score (nSPS) is 10.7. The maximum Gasteiger partial charge on any atom is 0.277 e. The quantitative estimate of drug-likeness (QED) is 0.396. The molecule has 0 aliphatic carbocycles. The largest absolute Gasteiger partial charge is 0.411 e. The number of hydrogen-bond acceptors (Lipinski definition) is 6. The van der Waals surface area contributed by atoms with E-state index in [9.17, 15) is 10.1 Å². The van der Waals surface area contributed by atoms with Gasteiger partial charge in [0.05, 0.1) is 4.92 Å². The molecule has 3 rings (SSSR count). The van der Waals surface area contributed by atoms with Gasteiger partial charge in [-0.05, 0) is 24.1 Å². The van der Waals surface area contributed by atoms with E-state index < -0.39 is 4.92 Å². The Morgan fingerprint density at radius 3 is 2.78 bits per heavy atom. The molecule has 0 aliphatic heterocycles. The molecule has 0 amide bonds. The smallest absolute Gasteiger partial charge is 0.277 e. The summed E-state index contributed by atoms with van der Waals surface area (Å²) < 4.78 is 5.66. The summed E-state index contributed by atoms with van der Waals surface area (Å²) in [5.41, 5.74) is 2.88. The Balaban J connectivity index is 1.72. The van der Waals surface area contributed by atoms with Crippen molar-refractivity contribution in [1.82, 2.24) is 10.2 Å². The maximum absolute atomic E-state index is 10.8. The lowest BCUT2D eigenvalue weighted by atomic mass is 10.1. The van der Waals surface area contributed by atoms with Crippen LogP contribution in [-0.4, -0.2) is 15.1 Å². The lowest BCUT2D eigenvalue weighted by molar-refractivity contribution is -0.384. The van der Waals surface area contributed by atoms with Gasteiger partial charge >= 0.3 is 0 Å². The Bertz CT molecular complexity index is 848. The SMILES string of the molecule is Cc1ccccc1-c1nnc(SCc2cccc([N+](=O)[O-])c2)o1. The molecular formula is C16H13N3O3S. The molecule has 1 heterocycles. The summed E-state index contributed by atoms with van der Waals surface area (Å²) in [6, 6.07) is 14.3. The number of aryl methyl sites for hydroxylation is 1. The van der Waals surface area contributed by atoms with Crippen LogP contribution in [0, 0.1) is 17.0 Å². The molecule has 0 saturated heterocycles. The fourth-order valence-electron chi connectivity index (χ4n) is 2.09. The van der Waals surface area contributed by atoms with Gasteiger partial charge in [0, 0.05) is 23.4 Å². The zero-order chi connectivity index (χ0) is 16.2. The fraction of sp³-hybridized carbons (Fsp3) is 0.125. The predicted octanol–water partition coefficient (Wildman–Crippen LogP) is 4.25. The standard InChI is InChI=1S/C16H13N3O3S/c1-11-5-2-3-8-14(11)15-17-18-16(22-15)23-10-12-6-4-7-13(9-12)19(20)21/h2-9H,10H2,1H3. The van der Waals surface area contributed by atoms with Crippen molar-refractivity contribution < 1.29 is 9.34 Å². The van der Waals surface area contributed by atoms with Crippen molar-refractivity contribution >= 4 is 17.4 Å². The molecule has 2 aromatic carbocycles. The average Bonchev–Trinajstić information content (AvgIpc) is 3.02. The van der Waals surface area contributed by atoms with E-state index >= 15 is 0 Å². The zero-order valence-corrected chi connectivity index (χ0v) is 13.1. The van der Waals surface area contributed by atoms with Crippen LogP contribution < -0.4 is 0 Å². The van der Waals surface area contributed by atoms with Crippen LogP contribution in [0.4, 0.5) is 5.69 Å². The molecule has 0 bridgehead atoms. The first kappa shape index (κ1) is 15.2. The third kappa shape index (κ3) is 3.57. The van der Waals surface area contributed by atoms with E-state index in [2.05, 4.69) is 10.2 Å². The summed E-state index contributed by atoms with van der Waals surface area (Å²) in [6.45, 7) is 1.98. The summed E-state index contributed by atoms with van der Waals surface area (Å²) in [5.74, 6) is 1.00. The van der Waals surface area contributed by atoms with E-state index in [0.717, 1.165) is 16.7 Å². The minimum atomic E-state index is -0.406. The van der Waals surface area contributed by atoms with E-state index in [1.54, 1.807) is 12.1 Å². The number of hydrogen-bond donors (Lipinski definition) is 0. The number of aromatic nitrogens is 2. The van der Waals surface area contributed by atoms with Crippen LogP contribution in [0.25, 0.3) is 11.5 Å². The van der Waals surface area contributed by atoms with Gasteiger partial charge < -0.3 is 4.42 Å². The van der Waals surface area contributed by atoms with Gasteiger partial charge in [-0.3, -0.25) is 10.1 Å². The lowest BCUT2D eigenvalue weighted by Gasteiger charge is -1.99. The monoisotopic (exact) mass is 327 g/mol. The van der Waals surface area contributed by atoms with Gasteiger partial charge in [-0.15, -0.1) is 10.2 Å². The molecule has 6 nitrogen and oxygen atoms in total. The summed E-state index contributed by atoms with van der Waals surface area (Å²) >= 11 is 1.35. The van der Waals surface area contributed by atoms with Crippen LogP contribution in [0.5, 0.6) is 0 Å². The molecule has 0 aliphatic rings. The van der Waals surface area contributed by atoms with Crippen molar-refractivity contribution in [3.63, 3.8) is 0 Å². The van der Waals surface area contributed by atoms with Crippen molar-refractivity contribution in [2.45, 2.75) is 17.9 Å². The first-order chi connectivity index (χ1) is 11.1. The van der Waals surface area contributed by atoms with Gasteiger partial charge in [-0.25, -0.2) is 0 Å². The third-order valence-corrected chi connectivity index (χ3v) is 4.16. The predicted molar refractivity (Wildman–Crippen MR) is 87.1 cm³/mol. The second kappa shape index (κ2) is 6.62. The van der Waals surface area contributed by atoms with E-state index in [0.29, 0.717) is 16.9 Å². The molecule has 3 aromatic rings. The highest BCUT2D eigenvalue weighted by molar-refractivity contribution is 7.98. The Kier molecular flexibility index (Phi) is 4.38. The molecule has 0 atom stereocenters. The van der Waals surface area contributed by atoms with Gasteiger partial charge in [0.2, 0.25) is 5.89 Å². The van der Waals surface area contributed by atoms with Gasteiger partial charge in [0.15, 0.2) is 0 Å². The fourth-order valence-corrected chi connectivity index (χ4v) is 2.80. The van der Waals surface area contributed by atoms with Gasteiger partial charge in [-0.2, -0.15) is 0 Å². The van der Waals surface area contributed by atoms with Gasteiger partial charge in [0.25, 0.3) is 10.9 Å². The molecule has 0 unspecified atom stereocenters. The van der Waals surface area contributed by atoms with Crippen LogP contribution in [0.2, 0.25) is 0 Å². The van der Waals surface area contributed by atoms with Crippen molar-refractivity contribution in [2.24, 2.45) is 0 Å². The molecule has 0 radical (unpaired) electrons. The second-order valence-corrected chi connectivity index (χ2v) is 5.83. The minimum Gasteiger partial charge on any atom is -0.411 e. The van der Waals surface area contributed by atoms with Gasteiger partial charge in [-0.1, -0.05) is 42.1 Å². The first-order valence-electron chi connectivity index (χ1n) is 6.89. The molecule has 7 heteroatoms. The molecular weight excluding hydrogens is 314 g/mol. The summed E-state index contributed by atoms with van der Waals surface area (Å²) in [4.78, 5) is 10.4. The molecule has 116 valence electrons. The highest BCUT2D eigenvalue weighted by Crippen LogP contribution is 2.28. The first-order valence-corrected chi connectivity index (χ1v) is 7.87. The van der Waals surface area contributed by atoms with Crippen LogP contribution in [0.1, 0.15) is 11.1 Å². The van der Waals surface area contributed by atoms with Crippen LogP contribution in [-0.2, 0) is 5.75 Å². The maximum atomic E-state index is 10.8. The number of nitro benzene ring substituents is 1. The van der Waals surface area contributed by atoms with Crippen molar-refractivity contribution in [2.75, 3.05) is 0 Å². The number of thioether (sulfide) groups is 1. The molecule has 23 heavy (non-hydrogen) atoms. The molecule has 0 saturated carbocycles. The summed E-state index contributed by atoms with van der Waals surface area (Å²) in [5, 5.41) is 19.3. The number of nitro groups is 1. The van der Waals surface area contributed by atoms with E-state index in [-0.39, 0.29) is 5.69 Å². The molecule has 0 spiro atoms. The van der Waals surface area contributed by atoms with E-state index in [1.807, 2.05) is 37.3 Å². The van der Waals surface area contributed by atoms with E-state index in [4.69, 9.17) is 4.42 Å². The molecule has 0 fully saturated rings. The van der Waals surface area contributed by atoms with Crippen molar-refractivity contribution in [3.8, 4) is 11.5 Å². The number of rotatable bonds is 5. The van der Waals surface area contributed by atoms with Crippen molar-refractivity contribution in [3.05, 3.63) is 69.8 Å².